The minimum absolute atomic E-state index is 0.738. The van der Waals surface area contributed by atoms with E-state index in [2.05, 4.69) is 33.6 Å². The van der Waals surface area contributed by atoms with E-state index in [0.717, 1.165) is 36.1 Å². The Morgan fingerprint density at radius 2 is 2.11 bits per heavy atom. The molecule has 0 saturated heterocycles. The number of nitrogens with zero attached hydrogens (tertiary/aromatic N) is 3. The molecule has 1 fully saturated rings. The molecule has 0 atom stereocenters. The lowest BCUT2D eigenvalue weighted by atomic mass is 9.89. The number of rotatable bonds is 5. The average Bonchev–Trinajstić information content (AvgIpc) is 2.73. The van der Waals surface area contributed by atoms with Gasteiger partial charge < -0.3 is 4.90 Å². The molecular formula is C13H24N4S. The Hall–Kier alpha value is -0.840. The summed E-state index contributed by atoms with van der Waals surface area (Å²) in [4.78, 5) is 2.26. The number of anilines is 1. The second kappa shape index (κ2) is 6.36. The Balaban J connectivity index is 2.03. The Morgan fingerprint density at radius 3 is 2.78 bits per heavy atom. The molecule has 1 aromatic rings. The van der Waals surface area contributed by atoms with Crippen LogP contribution in [0.3, 0.4) is 0 Å². The Bertz CT molecular complexity index is 417. The van der Waals surface area contributed by atoms with Crippen molar-refractivity contribution in [2.45, 2.75) is 52.0 Å². The fourth-order valence-corrected chi connectivity index (χ4v) is 3.08. The Kier molecular flexibility index (Phi) is 4.80. The molecule has 2 rings (SSSR count). The molecule has 1 aliphatic carbocycles. The summed E-state index contributed by atoms with van der Waals surface area (Å²) in [6, 6.07) is 0. The van der Waals surface area contributed by atoms with Crippen LogP contribution < -0.4 is 4.90 Å². The van der Waals surface area contributed by atoms with Crippen LogP contribution in [0.25, 0.3) is 0 Å². The van der Waals surface area contributed by atoms with Crippen molar-refractivity contribution in [3.05, 3.63) is 4.77 Å². The van der Waals surface area contributed by atoms with Crippen LogP contribution in [0.15, 0.2) is 0 Å². The SMILES string of the molecule is CCCn1c(N(C)CC2CCCCC2)n[nH]c1=S. The normalized spacial score (nSPS) is 17.0. The van der Waals surface area contributed by atoms with Crippen LogP contribution in [0, 0.1) is 10.7 Å². The smallest absolute Gasteiger partial charge is 0.225 e. The molecule has 0 amide bonds. The van der Waals surface area contributed by atoms with Crippen molar-refractivity contribution in [2.75, 3.05) is 18.5 Å². The summed E-state index contributed by atoms with van der Waals surface area (Å²) in [7, 11) is 2.13. The van der Waals surface area contributed by atoms with Gasteiger partial charge >= 0.3 is 0 Å². The molecule has 18 heavy (non-hydrogen) atoms. The van der Waals surface area contributed by atoms with Gasteiger partial charge in [0.1, 0.15) is 0 Å². The second-order valence-corrected chi connectivity index (χ2v) is 5.75. The van der Waals surface area contributed by atoms with Crippen LogP contribution in [-0.2, 0) is 6.54 Å². The van der Waals surface area contributed by atoms with Crippen LogP contribution in [0.2, 0.25) is 0 Å². The zero-order chi connectivity index (χ0) is 13.0. The third-order valence-electron chi connectivity index (χ3n) is 3.78. The van der Waals surface area contributed by atoms with Gasteiger partial charge in [0.25, 0.3) is 0 Å². The molecule has 0 radical (unpaired) electrons. The average molecular weight is 268 g/mol. The molecule has 0 spiro atoms. The molecule has 0 aliphatic heterocycles. The number of aromatic nitrogens is 3. The summed E-state index contributed by atoms with van der Waals surface area (Å²) < 4.78 is 2.85. The van der Waals surface area contributed by atoms with Crippen LogP contribution in [0.1, 0.15) is 45.4 Å². The molecule has 0 aromatic carbocycles. The number of nitrogens with one attached hydrogen (secondary N) is 1. The van der Waals surface area contributed by atoms with Crippen molar-refractivity contribution >= 4 is 18.2 Å². The molecule has 0 unspecified atom stereocenters. The van der Waals surface area contributed by atoms with Gasteiger partial charge in [-0.25, -0.2) is 5.10 Å². The fourth-order valence-electron chi connectivity index (χ4n) is 2.86. The molecule has 1 aromatic heterocycles. The number of aromatic amines is 1. The highest BCUT2D eigenvalue weighted by atomic mass is 32.1. The third-order valence-corrected chi connectivity index (χ3v) is 4.10. The highest BCUT2D eigenvalue weighted by Crippen LogP contribution is 2.25. The standard InChI is InChI=1S/C13H24N4S/c1-3-9-17-12(14-15-13(17)18)16(2)10-11-7-5-4-6-8-11/h11H,3-10H2,1-2H3,(H,15,18). The summed E-state index contributed by atoms with van der Waals surface area (Å²) in [6.07, 6.45) is 8.00. The summed E-state index contributed by atoms with van der Waals surface area (Å²) >= 11 is 5.28. The van der Waals surface area contributed by atoms with Gasteiger partial charge in [-0.1, -0.05) is 26.2 Å². The summed E-state index contributed by atoms with van der Waals surface area (Å²) in [5.74, 6) is 1.82. The van der Waals surface area contributed by atoms with E-state index in [1.807, 2.05) is 0 Å². The molecule has 102 valence electrons. The molecule has 5 heteroatoms. The maximum Gasteiger partial charge on any atom is 0.225 e. The Labute approximate surface area is 114 Å². The van der Waals surface area contributed by atoms with Gasteiger partial charge in [0.15, 0.2) is 4.77 Å². The molecular weight excluding hydrogens is 244 g/mol. The van der Waals surface area contributed by atoms with E-state index < -0.39 is 0 Å². The van der Waals surface area contributed by atoms with Crippen molar-refractivity contribution in [2.24, 2.45) is 5.92 Å². The molecule has 4 nitrogen and oxygen atoms in total. The lowest BCUT2D eigenvalue weighted by Gasteiger charge is -2.27. The maximum absolute atomic E-state index is 5.28. The van der Waals surface area contributed by atoms with Gasteiger partial charge in [-0.2, -0.15) is 0 Å². The zero-order valence-corrected chi connectivity index (χ0v) is 12.3. The lowest BCUT2D eigenvalue weighted by molar-refractivity contribution is 0.360. The Morgan fingerprint density at radius 1 is 1.39 bits per heavy atom. The van der Waals surface area contributed by atoms with Gasteiger partial charge in [0.2, 0.25) is 5.95 Å². The highest BCUT2D eigenvalue weighted by Gasteiger charge is 2.18. The second-order valence-electron chi connectivity index (χ2n) is 5.36. The van der Waals surface area contributed by atoms with Crippen LogP contribution in [0.5, 0.6) is 0 Å². The van der Waals surface area contributed by atoms with E-state index in [9.17, 15) is 0 Å². The number of hydrogen-bond donors (Lipinski definition) is 1. The first-order valence-electron chi connectivity index (χ1n) is 7.08. The maximum atomic E-state index is 5.28. The van der Waals surface area contributed by atoms with Crippen molar-refractivity contribution in [1.29, 1.82) is 0 Å². The van der Waals surface area contributed by atoms with E-state index in [0.29, 0.717) is 0 Å². The minimum Gasteiger partial charge on any atom is -0.344 e. The largest absolute Gasteiger partial charge is 0.344 e. The zero-order valence-electron chi connectivity index (χ0n) is 11.5. The van der Waals surface area contributed by atoms with Crippen molar-refractivity contribution in [3.63, 3.8) is 0 Å². The van der Waals surface area contributed by atoms with Crippen LogP contribution >= 0.6 is 12.2 Å². The first-order chi connectivity index (χ1) is 8.72. The van der Waals surface area contributed by atoms with Gasteiger partial charge in [0, 0.05) is 20.1 Å². The van der Waals surface area contributed by atoms with E-state index >= 15 is 0 Å². The van der Waals surface area contributed by atoms with E-state index in [-0.39, 0.29) is 0 Å². The monoisotopic (exact) mass is 268 g/mol. The molecule has 1 saturated carbocycles. The van der Waals surface area contributed by atoms with E-state index in [1.54, 1.807) is 0 Å². The number of H-pyrrole nitrogens is 1. The molecule has 0 bridgehead atoms. The van der Waals surface area contributed by atoms with E-state index in [4.69, 9.17) is 12.2 Å². The minimum atomic E-state index is 0.738. The molecule has 1 N–H and O–H groups in total. The van der Waals surface area contributed by atoms with Crippen molar-refractivity contribution in [1.82, 2.24) is 14.8 Å². The van der Waals surface area contributed by atoms with Crippen LogP contribution in [-0.4, -0.2) is 28.4 Å². The predicted molar refractivity (Wildman–Crippen MR) is 77.5 cm³/mol. The van der Waals surface area contributed by atoms with Crippen molar-refractivity contribution in [3.8, 4) is 0 Å². The summed E-state index contributed by atoms with van der Waals surface area (Å²) in [6.45, 7) is 4.21. The van der Waals surface area contributed by atoms with Gasteiger partial charge in [0.05, 0.1) is 0 Å². The first-order valence-corrected chi connectivity index (χ1v) is 7.49. The van der Waals surface area contributed by atoms with Crippen molar-refractivity contribution < 1.29 is 0 Å². The first kappa shape index (κ1) is 13.6. The molecule has 1 aliphatic rings. The highest BCUT2D eigenvalue weighted by molar-refractivity contribution is 7.71. The quantitative estimate of drug-likeness (QED) is 0.832. The number of hydrogen-bond acceptors (Lipinski definition) is 3. The third kappa shape index (κ3) is 3.13. The topological polar surface area (TPSA) is 36.9 Å². The fraction of sp³-hybridized carbons (Fsp3) is 0.846. The van der Waals surface area contributed by atoms with Crippen LogP contribution in [0.4, 0.5) is 5.95 Å². The summed E-state index contributed by atoms with van der Waals surface area (Å²) in [5.41, 5.74) is 0. The predicted octanol–water partition coefficient (Wildman–Crippen LogP) is 3.37. The summed E-state index contributed by atoms with van der Waals surface area (Å²) in [5, 5.41) is 7.29. The van der Waals surface area contributed by atoms with Gasteiger partial charge in [-0.15, -0.1) is 5.10 Å². The van der Waals surface area contributed by atoms with Gasteiger partial charge in [-0.3, -0.25) is 4.57 Å². The lowest BCUT2D eigenvalue weighted by Crippen LogP contribution is -2.29. The van der Waals surface area contributed by atoms with Gasteiger partial charge in [-0.05, 0) is 37.4 Å². The van der Waals surface area contributed by atoms with E-state index in [1.165, 1.54) is 32.1 Å². The molecule has 1 heterocycles.